The highest BCUT2D eigenvalue weighted by Crippen LogP contribution is 2.23. The molecule has 0 spiro atoms. The van der Waals surface area contributed by atoms with Crippen LogP contribution >= 0.6 is 0 Å². The molecule has 0 bridgehead atoms. The number of aliphatic imine (C=N–C) groups is 1. The summed E-state index contributed by atoms with van der Waals surface area (Å²) in [6, 6.07) is 8.45. The molecule has 0 aliphatic carbocycles. The molecule has 1 fully saturated rings. The van der Waals surface area contributed by atoms with Crippen LogP contribution in [0.15, 0.2) is 39.9 Å². The second-order valence-electron chi connectivity index (χ2n) is 7.01. The van der Waals surface area contributed by atoms with Crippen LogP contribution in [-0.2, 0) is 18.3 Å². The number of morpholine rings is 1. The molecule has 3 heterocycles. The first-order chi connectivity index (χ1) is 13.1. The van der Waals surface area contributed by atoms with Gasteiger partial charge in [-0.15, -0.1) is 0 Å². The predicted molar refractivity (Wildman–Crippen MR) is 107 cm³/mol. The third-order valence-corrected chi connectivity index (χ3v) is 5.05. The van der Waals surface area contributed by atoms with Crippen LogP contribution in [0.4, 0.5) is 0 Å². The molecule has 0 amide bonds. The van der Waals surface area contributed by atoms with Crippen molar-refractivity contribution in [1.82, 2.24) is 19.7 Å². The van der Waals surface area contributed by atoms with Gasteiger partial charge < -0.3 is 23.9 Å². The van der Waals surface area contributed by atoms with E-state index in [1.807, 2.05) is 20.0 Å². The van der Waals surface area contributed by atoms with Gasteiger partial charge in [-0.1, -0.05) is 0 Å². The van der Waals surface area contributed by atoms with Crippen LogP contribution in [0.3, 0.4) is 0 Å². The van der Waals surface area contributed by atoms with Crippen LogP contribution < -0.4 is 5.32 Å². The van der Waals surface area contributed by atoms with Gasteiger partial charge in [0.1, 0.15) is 11.5 Å². The molecule has 1 atom stereocenters. The summed E-state index contributed by atoms with van der Waals surface area (Å²) in [7, 11) is 5.95. The first-order valence-corrected chi connectivity index (χ1v) is 9.48. The molecule has 1 aliphatic rings. The molecule has 7 nitrogen and oxygen atoms in total. The van der Waals surface area contributed by atoms with E-state index in [9.17, 15) is 0 Å². The molecule has 148 valence electrons. The Bertz CT molecular complexity index is 745. The van der Waals surface area contributed by atoms with Gasteiger partial charge in [0.05, 0.1) is 25.8 Å². The number of aromatic nitrogens is 1. The van der Waals surface area contributed by atoms with Gasteiger partial charge in [0.15, 0.2) is 5.96 Å². The van der Waals surface area contributed by atoms with Gasteiger partial charge in [-0.2, -0.15) is 0 Å². The highest BCUT2D eigenvalue weighted by atomic mass is 16.5. The summed E-state index contributed by atoms with van der Waals surface area (Å²) in [5, 5.41) is 3.53. The van der Waals surface area contributed by atoms with Crippen molar-refractivity contribution >= 4 is 5.96 Å². The van der Waals surface area contributed by atoms with E-state index >= 15 is 0 Å². The lowest BCUT2D eigenvalue weighted by molar-refractivity contribution is 0.0123. The Morgan fingerprint density at radius 1 is 1.30 bits per heavy atom. The van der Waals surface area contributed by atoms with Gasteiger partial charge >= 0.3 is 0 Å². The van der Waals surface area contributed by atoms with Crippen LogP contribution in [0.5, 0.6) is 0 Å². The summed E-state index contributed by atoms with van der Waals surface area (Å²) >= 11 is 0. The molecule has 0 saturated carbocycles. The SMILES string of the molecule is CN=C(NCC(c1ccc(C)o1)N1CCOCC1)N(C)Cc1cccn1C. The topological polar surface area (TPSA) is 58.2 Å². The van der Waals surface area contributed by atoms with Gasteiger partial charge in [-0.05, 0) is 31.2 Å². The Balaban J connectivity index is 1.66. The van der Waals surface area contributed by atoms with Crippen LogP contribution in [0, 0.1) is 6.92 Å². The van der Waals surface area contributed by atoms with Crippen LogP contribution in [-0.4, -0.2) is 67.3 Å². The van der Waals surface area contributed by atoms with Crippen molar-refractivity contribution in [1.29, 1.82) is 0 Å². The summed E-state index contributed by atoms with van der Waals surface area (Å²) in [6.07, 6.45) is 2.06. The van der Waals surface area contributed by atoms with Crippen LogP contribution in [0.25, 0.3) is 0 Å². The number of guanidine groups is 1. The zero-order valence-corrected chi connectivity index (χ0v) is 16.8. The number of aryl methyl sites for hydroxylation is 2. The fourth-order valence-corrected chi connectivity index (χ4v) is 3.48. The molecule has 1 N–H and O–H groups in total. The Morgan fingerprint density at radius 2 is 2.07 bits per heavy atom. The molecular formula is C20H31N5O2. The molecule has 0 aromatic carbocycles. The molecule has 1 aliphatic heterocycles. The molecule has 1 unspecified atom stereocenters. The second kappa shape index (κ2) is 9.10. The van der Waals surface area contributed by atoms with Crippen LogP contribution in [0.2, 0.25) is 0 Å². The van der Waals surface area contributed by atoms with E-state index in [0.717, 1.165) is 56.9 Å². The van der Waals surface area contributed by atoms with Gasteiger partial charge in [-0.3, -0.25) is 9.89 Å². The first kappa shape index (κ1) is 19.5. The fraction of sp³-hybridized carbons (Fsp3) is 0.550. The number of ether oxygens (including phenoxy) is 1. The van der Waals surface area contributed by atoms with E-state index in [1.54, 1.807) is 0 Å². The minimum absolute atomic E-state index is 0.155. The average Bonchev–Trinajstić information content (AvgIpc) is 3.28. The van der Waals surface area contributed by atoms with E-state index in [-0.39, 0.29) is 6.04 Å². The number of hydrogen-bond acceptors (Lipinski definition) is 4. The number of nitrogens with zero attached hydrogens (tertiary/aromatic N) is 4. The van der Waals surface area contributed by atoms with Crippen LogP contribution in [0.1, 0.15) is 23.3 Å². The maximum Gasteiger partial charge on any atom is 0.193 e. The fourth-order valence-electron chi connectivity index (χ4n) is 3.48. The summed E-state index contributed by atoms with van der Waals surface area (Å²) in [4.78, 5) is 9.02. The Labute approximate surface area is 161 Å². The van der Waals surface area contributed by atoms with Gasteiger partial charge in [-0.25, -0.2) is 0 Å². The third-order valence-electron chi connectivity index (χ3n) is 5.05. The average molecular weight is 374 g/mol. The summed E-state index contributed by atoms with van der Waals surface area (Å²) in [6.45, 7) is 6.85. The third kappa shape index (κ3) is 4.93. The number of nitrogens with one attached hydrogen (secondary N) is 1. The second-order valence-corrected chi connectivity index (χ2v) is 7.01. The minimum Gasteiger partial charge on any atom is -0.465 e. The monoisotopic (exact) mass is 373 g/mol. The van der Waals surface area contributed by atoms with Crippen molar-refractivity contribution < 1.29 is 9.15 Å². The lowest BCUT2D eigenvalue weighted by Gasteiger charge is -2.34. The molecule has 0 radical (unpaired) electrons. The Morgan fingerprint density at radius 3 is 2.67 bits per heavy atom. The minimum atomic E-state index is 0.155. The first-order valence-electron chi connectivity index (χ1n) is 9.48. The normalized spacial score (nSPS) is 17.1. The highest BCUT2D eigenvalue weighted by molar-refractivity contribution is 5.79. The molecule has 2 aromatic rings. The predicted octanol–water partition coefficient (Wildman–Crippen LogP) is 2.01. The molecule has 7 heteroatoms. The van der Waals surface area contributed by atoms with E-state index < -0.39 is 0 Å². The largest absolute Gasteiger partial charge is 0.465 e. The number of furan rings is 1. The maximum atomic E-state index is 5.95. The number of rotatable bonds is 6. The quantitative estimate of drug-likeness (QED) is 0.620. The molecule has 1 saturated heterocycles. The van der Waals surface area contributed by atoms with Gasteiger partial charge in [0.25, 0.3) is 0 Å². The summed E-state index contributed by atoms with van der Waals surface area (Å²) < 4.78 is 13.6. The van der Waals surface area contributed by atoms with Crippen molar-refractivity contribution in [3.8, 4) is 0 Å². The smallest absolute Gasteiger partial charge is 0.193 e. The van der Waals surface area contributed by atoms with Crippen molar-refractivity contribution in [3.05, 3.63) is 47.7 Å². The van der Waals surface area contributed by atoms with E-state index in [2.05, 4.69) is 63.2 Å². The van der Waals surface area contributed by atoms with Crippen molar-refractivity contribution in [2.45, 2.75) is 19.5 Å². The standard InChI is InChI=1S/C20H31N5O2/c1-16-7-8-19(27-16)18(25-10-12-26-13-11-25)14-22-20(21-2)24(4)15-17-6-5-9-23(17)3/h5-9,18H,10-15H2,1-4H3,(H,21,22). The zero-order chi connectivity index (χ0) is 19.2. The Hall–Kier alpha value is -2.25. The number of hydrogen-bond donors (Lipinski definition) is 1. The van der Waals surface area contributed by atoms with E-state index in [1.165, 1.54) is 5.69 Å². The summed E-state index contributed by atoms with van der Waals surface area (Å²) in [5.74, 6) is 2.80. The van der Waals surface area contributed by atoms with Crippen molar-refractivity contribution in [2.24, 2.45) is 12.0 Å². The van der Waals surface area contributed by atoms with Gasteiger partial charge in [0, 0.05) is 52.7 Å². The Kier molecular flexibility index (Phi) is 6.58. The van der Waals surface area contributed by atoms with E-state index in [4.69, 9.17) is 9.15 Å². The molecule has 3 rings (SSSR count). The van der Waals surface area contributed by atoms with E-state index in [0.29, 0.717) is 0 Å². The van der Waals surface area contributed by atoms with Crippen molar-refractivity contribution in [3.63, 3.8) is 0 Å². The highest BCUT2D eigenvalue weighted by Gasteiger charge is 2.25. The lowest BCUT2D eigenvalue weighted by atomic mass is 10.1. The zero-order valence-electron chi connectivity index (χ0n) is 16.8. The van der Waals surface area contributed by atoms with Crippen molar-refractivity contribution in [2.75, 3.05) is 46.9 Å². The molecule has 27 heavy (non-hydrogen) atoms. The van der Waals surface area contributed by atoms with Gasteiger partial charge in [0.2, 0.25) is 0 Å². The molecule has 2 aromatic heterocycles. The molecular weight excluding hydrogens is 342 g/mol. The lowest BCUT2D eigenvalue weighted by Crippen LogP contribution is -2.46. The maximum absolute atomic E-state index is 5.95. The summed E-state index contributed by atoms with van der Waals surface area (Å²) in [5.41, 5.74) is 1.24.